The van der Waals surface area contributed by atoms with E-state index in [0.717, 1.165) is 4.57 Å². The third-order valence-corrected chi connectivity index (χ3v) is 3.93. The van der Waals surface area contributed by atoms with Crippen molar-refractivity contribution in [3.63, 3.8) is 0 Å². The van der Waals surface area contributed by atoms with Crippen LogP contribution in [0.2, 0.25) is 0 Å². The number of fused-ring (bicyclic) bond motifs is 1. The Morgan fingerprint density at radius 2 is 1.81 bits per heavy atom. The summed E-state index contributed by atoms with van der Waals surface area (Å²) >= 11 is 0. The Hall–Kier alpha value is -3.55. The van der Waals surface area contributed by atoms with E-state index in [0.29, 0.717) is 22.7 Å². The Balaban J connectivity index is 1.58. The van der Waals surface area contributed by atoms with E-state index in [1.807, 2.05) is 0 Å². The molecule has 7 nitrogen and oxygen atoms in total. The first-order valence-electron chi connectivity index (χ1n) is 7.84. The number of halogens is 1. The number of nitrogens with one attached hydrogen (secondary N) is 2. The second-order valence-corrected chi connectivity index (χ2v) is 5.73. The van der Waals surface area contributed by atoms with Crippen LogP contribution >= 0.6 is 0 Å². The Morgan fingerprint density at radius 1 is 1.04 bits per heavy atom. The Kier molecular flexibility index (Phi) is 3.92. The molecule has 0 unspecified atom stereocenters. The van der Waals surface area contributed by atoms with Crippen LogP contribution in [0.4, 0.5) is 15.9 Å². The molecule has 3 aromatic rings. The first-order valence-corrected chi connectivity index (χ1v) is 7.84. The lowest BCUT2D eigenvalue weighted by Gasteiger charge is -2.09. The molecular formula is C18H14FN3O4. The van der Waals surface area contributed by atoms with E-state index in [2.05, 4.69) is 10.3 Å². The average molecular weight is 355 g/mol. The topological polar surface area (TPSA) is 85.3 Å². The predicted molar refractivity (Wildman–Crippen MR) is 92.7 cm³/mol. The molecule has 2 aromatic carbocycles. The molecule has 2 N–H and O–H groups in total. The third kappa shape index (κ3) is 3.16. The van der Waals surface area contributed by atoms with E-state index < -0.39 is 11.2 Å². The zero-order chi connectivity index (χ0) is 18.1. The van der Waals surface area contributed by atoms with Crippen LogP contribution in [0, 0.1) is 5.82 Å². The minimum atomic E-state index is -0.565. The first-order chi connectivity index (χ1) is 12.6. The number of benzene rings is 2. The molecule has 0 fully saturated rings. The molecule has 0 radical (unpaired) electrons. The first kappa shape index (κ1) is 15.9. The van der Waals surface area contributed by atoms with Gasteiger partial charge in [0.2, 0.25) is 6.79 Å². The van der Waals surface area contributed by atoms with Crippen LogP contribution in [0.3, 0.4) is 0 Å². The van der Waals surface area contributed by atoms with Crippen LogP contribution in [0.5, 0.6) is 11.5 Å². The second-order valence-electron chi connectivity index (χ2n) is 5.73. The van der Waals surface area contributed by atoms with Crippen molar-refractivity contribution in [1.82, 2.24) is 9.55 Å². The molecule has 0 bridgehead atoms. The number of ether oxygens (including phenoxy) is 2. The van der Waals surface area contributed by atoms with Crippen LogP contribution in [0.25, 0.3) is 0 Å². The average Bonchev–Trinajstić information content (AvgIpc) is 3.07. The molecule has 0 amide bonds. The van der Waals surface area contributed by atoms with Gasteiger partial charge < -0.3 is 14.8 Å². The van der Waals surface area contributed by atoms with E-state index in [9.17, 15) is 14.0 Å². The van der Waals surface area contributed by atoms with E-state index in [1.54, 1.807) is 18.2 Å². The van der Waals surface area contributed by atoms with Gasteiger partial charge in [0.15, 0.2) is 11.5 Å². The van der Waals surface area contributed by atoms with Crippen molar-refractivity contribution >= 4 is 11.5 Å². The normalized spacial score (nSPS) is 12.2. The quantitative estimate of drug-likeness (QED) is 0.749. The molecule has 0 spiro atoms. The molecule has 2 heterocycles. The largest absolute Gasteiger partial charge is 0.454 e. The fourth-order valence-electron chi connectivity index (χ4n) is 2.64. The van der Waals surface area contributed by atoms with Gasteiger partial charge in [0.25, 0.3) is 5.56 Å². The molecule has 26 heavy (non-hydrogen) atoms. The Labute approximate surface area is 146 Å². The highest BCUT2D eigenvalue weighted by molar-refractivity contribution is 5.61. The summed E-state index contributed by atoms with van der Waals surface area (Å²) in [6.45, 7) is 0.216. The molecule has 0 saturated heterocycles. The fraction of sp³-hybridized carbons (Fsp3) is 0.111. The number of anilines is 2. The van der Waals surface area contributed by atoms with Gasteiger partial charge in [-0.1, -0.05) is 12.1 Å². The standard InChI is InChI=1S/C18H14FN3O4/c19-12-3-1-11(2-4-12)9-22-17(23)8-16(21-18(22)24)20-13-5-6-14-15(7-13)26-10-25-14/h1-8,20H,9-10H2,(H,21,24). The van der Waals surface area contributed by atoms with E-state index >= 15 is 0 Å². The number of H-pyrrole nitrogens is 1. The fourth-order valence-corrected chi connectivity index (χ4v) is 2.64. The lowest BCUT2D eigenvalue weighted by Crippen LogP contribution is -2.35. The van der Waals surface area contributed by atoms with Crippen molar-refractivity contribution in [3.05, 3.63) is 80.7 Å². The van der Waals surface area contributed by atoms with Gasteiger partial charge in [0, 0.05) is 17.8 Å². The van der Waals surface area contributed by atoms with Crippen molar-refractivity contribution in [3.8, 4) is 11.5 Å². The molecular weight excluding hydrogens is 341 g/mol. The van der Waals surface area contributed by atoms with Crippen LogP contribution in [-0.2, 0) is 6.54 Å². The van der Waals surface area contributed by atoms with Gasteiger partial charge in [-0.3, -0.25) is 14.3 Å². The summed E-state index contributed by atoms with van der Waals surface area (Å²) in [7, 11) is 0. The zero-order valence-electron chi connectivity index (χ0n) is 13.5. The highest BCUT2D eigenvalue weighted by Gasteiger charge is 2.13. The van der Waals surface area contributed by atoms with Crippen LogP contribution in [-0.4, -0.2) is 16.3 Å². The summed E-state index contributed by atoms with van der Waals surface area (Å²) < 4.78 is 24.5. The lowest BCUT2D eigenvalue weighted by atomic mass is 10.2. The maximum Gasteiger partial charge on any atom is 0.330 e. The van der Waals surface area contributed by atoms with Gasteiger partial charge in [0.1, 0.15) is 11.6 Å². The number of aromatic amines is 1. The highest BCUT2D eigenvalue weighted by Crippen LogP contribution is 2.34. The highest BCUT2D eigenvalue weighted by atomic mass is 19.1. The Morgan fingerprint density at radius 3 is 2.58 bits per heavy atom. The van der Waals surface area contributed by atoms with Crippen molar-refractivity contribution in [2.24, 2.45) is 0 Å². The predicted octanol–water partition coefficient (Wildman–Crippen LogP) is 2.20. The van der Waals surface area contributed by atoms with Crippen LogP contribution in [0.1, 0.15) is 5.56 Å². The van der Waals surface area contributed by atoms with Gasteiger partial charge in [0.05, 0.1) is 6.54 Å². The van der Waals surface area contributed by atoms with Crippen molar-refractivity contribution < 1.29 is 13.9 Å². The molecule has 0 atom stereocenters. The summed E-state index contributed by atoms with van der Waals surface area (Å²) in [6.07, 6.45) is 0. The van der Waals surface area contributed by atoms with Gasteiger partial charge >= 0.3 is 5.69 Å². The maximum atomic E-state index is 13.0. The molecule has 0 saturated carbocycles. The molecule has 1 aromatic heterocycles. The van der Waals surface area contributed by atoms with E-state index in [4.69, 9.17) is 9.47 Å². The molecule has 4 rings (SSSR count). The summed E-state index contributed by atoms with van der Waals surface area (Å²) in [5.74, 6) is 1.10. The summed E-state index contributed by atoms with van der Waals surface area (Å²) in [5, 5.41) is 2.96. The number of hydrogen-bond acceptors (Lipinski definition) is 5. The summed E-state index contributed by atoms with van der Waals surface area (Å²) in [6, 6.07) is 12.1. The molecule has 132 valence electrons. The minimum Gasteiger partial charge on any atom is -0.454 e. The smallest absolute Gasteiger partial charge is 0.330 e. The van der Waals surface area contributed by atoms with Gasteiger partial charge in [-0.05, 0) is 29.8 Å². The van der Waals surface area contributed by atoms with E-state index in [-0.39, 0.29) is 25.0 Å². The second kappa shape index (κ2) is 6.40. The van der Waals surface area contributed by atoms with Crippen molar-refractivity contribution in [2.45, 2.75) is 6.54 Å². The van der Waals surface area contributed by atoms with Gasteiger partial charge in [-0.2, -0.15) is 0 Å². The zero-order valence-corrected chi connectivity index (χ0v) is 13.5. The maximum absolute atomic E-state index is 13.0. The number of hydrogen-bond donors (Lipinski definition) is 2. The molecule has 1 aliphatic heterocycles. The number of aromatic nitrogens is 2. The molecule has 8 heteroatoms. The molecule has 0 aliphatic carbocycles. The van der Waals surface area contributed by atoms with Crippen molar-refractivity contribution in [2.75, 3.05) is 12.1 Å². The summed E-state index contributed by atoms with van der Waals surface area (Å²) in [5.41, 5.74) is 0.252. The minimum absolute atomic E-state index is 0.0543. The van der Waals surface area contributed by atoms with Gasteiger partial charge in [-0.25, -0.2) is 9.18 Å². The molecule has 1 aliphatic rings. The van der Waals surface area contributed by atoms with E-state index in [1.165, 1.54) is 30.3 Å². The number of rotatable bonds is 4. The van der Waals surface area contributed by atoms with Gasteiger partial charge in [-0.15, -0.1) is 0 Å². The number of nitrogens with zero attached hydrogens (tertiary/aromatic N) is 1. The lowest BCUT2D eigenvalue weighted by molar-refractivity contribution is 0.174. The van der Waals surface area contributed by atoms with Crippen LogP contribution in [0.15, 0.2) is 58.1 Å². The third-order valence-electron chi connectivity index (χ3n) is 3.93. The summed E-state index contributed by atoms with van der Waals surface area (Å²) in [4.78, 5) is 27.2. The van der Waals surface area contributed by atoms with Crippen LogP contribution < -0.4 is 26.0 Å². The monoisotopic (exact) mass is 355 g/mol. The van der Waals surface area contributed by atoms with Crippen molar-refractivity contribution in [1.29, 1.82) is 0 Å². The SMILES string of the molecule is O=c1cc(Nc2ccc3c(c2)OCO3)[nH]c(=O)n1Cc1ccc(F)cc1. The Bertz CT molecular complexity index is 1040.